The van der Waals surface area contributed by atoms with E-state index in [4.69, 9.17) is 0 Å². The van der Waals surface area contributed by atoms with Crippen LogP contribution in [0.2, 0.25) is 0 Å². The molecule has 1 unspecified atom stereocenters. The van der Waals surface area contributed by atoms with Crippen LogP contribution in [0.5, 0.6) is 0 Å². The first-order valence-corrected chi connectivity index (χ1v) is 10.4. The second kappa shape index (κ2) is 8.31. The average Bonchev–Trinajstić information content (AvgIpc) is 3.14. The van der Waals surface area contributed by atoms with E-state index in [0.29, 0.717) is 18.5 Å². The Morgan fingerprint density at radius 1 is 1.42 bits per heavy atom. The van der Waals surface area contributed by atoms with Gasteiger partial charge in [-0.05, 0) is 49.1 Å². The number of carbonyl (C=O) groups excluding carboxylic acids is 1. The van der Waals surface area contributed by atoms with Crippen LogP contribution in [0.4, 0.5) is 0 Å². The summed E-state index contributed by atoms with van der Waals surface area (Å²) >= 11 is 1.64. The predicted molar refractivity (Wildman–Crippen MR) is 107 cm³/mol. The van der Waals surface area contributed by atoms with E-state index in [0.717, 1.165) is 23.5 Å². The zero-order valence-corrected chi connectivity index (χ0v) is 17.0. The van der Waals surface area contributed by atoms with Crippen LogP contribution in [0.3, 0.4) is 0 Å². The molecule has 2 aromatic rings. The number of hydrogen-bond acceptors (Lipinski definition) is 4. The van der Waals surface area contributed by atoms with Crippen LogP contribution in [0.15, 0.2) is 24.4 Å². The number of nitrogens with one attached hydrogen (secondary N) is 1. The fraction of sp³-hybridized carbons (Fsp3) is 0.524. The molecule has 0 aromatic carbocycles. The molecule has 1 aliphatic heterocycles. The summed E-state index contributed by atoms with van der Waals surface area (Å²) in [5, 5.41) is 3.02. The van der Waals surface area contributed by atoms with Crippen LogP contribution >= 0.6 is 11.3 Å². The number of aryl methyl sites for hydroxylation is 1. The molecule has 2 aromatic heterocycles. The summed E-state index contributed by atoms with van der Waals surface area (Å²) in [5.74, 6) is 0.553. The molecule has 1 amide bonds. The van der Waals surface area contributed by atoms with E-state index in [-0.39, 0.29) is 5.91 Å². The topological polar surface area (TPSA) is 45.2 Å². The number of aromatic nitrogens is 1. The lowest BCUT2D eigenvalue weighted by Crippen LogP contribution is -2.23. The Bertz CT molecular complexity index is 751. The first-order valence-electron chi connectivity index (χ1n) is 9.54. The summed E-state index contributed by atoms with van der Waals surface area (Å²) in [6, 6.07) is 6.63. The third-order valence-corrected chi connectivity index (χ3v) is 6.24. The van der Waals surface area contributed by atoms with Gasteiger partial charge in [0.1, 0.15) is 0 Å². The molecule has 0 saturated heterocycles. The number of carbonyl (C=O) groups is 1. The molecule has 1 atom stereocenters. The van der Waals surface area contributed by atoms with Gasteiger partial charge in [0.15, 0.2) is 0 Å². The fourth-order valence-electron chi connectivity index (χ4n) is 3.65. The molecule has 0 radical (unpaired) electrons. The van der Waals surface area contributed by atoms with Crippen molar-refractivity contribution < 1.29 is 4.79 Å². The molecule has 5 heteroatoms. The molecule has 1 N–H and O–H groups in total. The van der Waals surface area contributed by atoms with E-state index in [1.54, 1.807) is 11.3 Å². The minimum atomic E-state index is 0.00594. The van der Waals surface area contributed by atoms with Crippen molar-refractivity contribution in [2.24, 2.45) is 5.92 Å². The quantitative estimate of drug-likeness (QED) is 0.776. The minimum Gasteiger partial charge on any atom is -0.346 e. The molecule has 140 valence electrons. The molecule has 0 spiro atoms. The van der Waals surface area contributed by atoms with E-state index in [2.05, 4.69) is 55.2 Å². The van der Waals surface area contributed by atoms with Crippen LogP contribution < -0.4 is 5.32 Å². The SMILES string of the molecule is CCCCc1ccc(CNC(=O)c2cc3c(s2)C(C(C)C)N(C)C3)nc1. The zero-order chi connectivity index (χ0) is 18.7. The Morgan fingerprint density at radius 3 is 2.88 bits per heavy atom. The van der Waals surface area contributed by atoms with Gasteiger partial charge in [0, 0.05) is 23.7 Å². The normalized spacial score (nSPS) is 16.9. The highest BCUT2D eigenvalue weighted by atomic mass is 32.1. The summed E-state index contributed by atoms with van der Waals surface area (Å²) < 4.78 is 0. The van der Waals surface area contributed by atoms with E-state index in [1.807, 2.05) is 12.3 Å². The van der Waals surface area contributed by atoms with Gasteiger partial charge < -0.3 is 5.32 Å². The van der Waals surface area contributed by atoms with Crippen LogP contribution in [0, 0.1) is 5.92 Å². The first kappa shape index (κ1) is 19.1. The maximum absolute atomic E-state index is 12.5. The lowest BCUT2D eigenvalue weighted by Gasteiger charge is -2.23. The number of fused-ring (bicyclic) bond motifs is 1. The number of nitrogens with zero attached hydrogens (tertiary/aromatic N) is 2. The molecule has 0 aliphatic carbocycles. The maximum Gasteiger partial charge on any atom is 0.261 e. The van der Waals surface area contributed by atoms with Gasteiger partial charge in [0.25, 0.3) is 5.91 Å². The van der Waals surface area contributed by atoms with Crippen LogP contribution in [0.1, 0.15) is 71.0 Å². The summed E-state index contributed by atoms with van der Waals surface area (Å²) in [4.78, 5) is 21.6. The van der Waals surface area contributed by atoms with Gasteiger partial charge in [-0.25, -0.2) is 0 Å². The van der Waals surface area contributed by atoms with Gasteiger partial charge in [-0.2, -0.15) is 0 Å². The van der Waals surface area contributed by atoms with Crippen molar-refractivity contribution in [2.75, 3.05) is 7.05 Å². The standard InChI is InChI=1S/C21H29N3OS/c1-5-6-7-15-8-9-17(22-11-15)12-23-21(25)18-10-16-13-24(4)19(14(2)3)20(16)26-18/h8-11,14,19H,5-7,12-13H2,1-4H3,(H,23,25). The van der Waals surface area contributed by atoms with Crippen molar-refractivity contribution in [3.05, 3.63) is 51.0 Å². The Balaban J connectivity index is 1.59. The van der Waals surface area contributed by atoms with E-state index in [9.17, 15) is 4.79 Å². The predicted octanol–water partition coefficient (Wildman–Crippen LogP) is 4.56. The van der Waals surface area contributed by atoms with Crippen LogP contribution in [-0.2, 0) is 19.5 Å². The molecule has 26 heavy (non-hydrogen) atoms. The lowest BCUT2D eigenvalue weighted by atomic mass is 10.0. The molecule has 1 aliphatic rings. The maximum atomic E-state index is 12.5. The van der Waals surface area contributed by atoms with E-state index in [1.165, 1.54) is 28.8 Å². The largest absolute Gasteiger partial charge is 0.346 e. The third-order valence-electron chi connectivity index (χ3n) is 5.00. The third kappa shape index (κ3) is 4.15. The molecule has 4 nitrogen and oxygen atoms in total. The smallest absolute Gasteiger partial charge is 0.261 e. The Hall–Kier alpha value is -1.72. The van der Waals surface area contributed by atoms with Gasteiger partial charge in [0.05, 0.1) is 17.1 Å². The molecular formula is C21H29N3OS. The monoisotopic (exact) mass is 371 g/mol. The number of rotatable bonds is 7. The molecule has 0 saturated carbocycles. The highest BCUT2D eigenvalue weighted by molar-refractivity contribution is 7.14. The summed E-state index contributed by atoms with van der Waals surface area (Å²) in [6.45, 7) is 8.09. The molecule has 3 heterocycles. The molecular weight excluding hydrogens is 342 g/mol. The minimum absolute atomic E-state index is 0.00594. The van der Waals surface area contributed by atoms with Gasteiger partial charge in [-0.15, -0.1) is 11.3 Å². The molecule has 3 rings (SSSR count). The van der Waals surface area contributed by atoms with Crippen molar-refractivity contribution in [1.82, 2.24) is 15.2 Å². The molecule has 0 bridgehead atoms. The lowest BCUT2D eigenvalue weighted by molar-refractivity contribution is 0.0954. The first-order chi connectivity index (χ1) is 12.5. The Morgan fingerprint density at radius 2 is 2.23 bits per heavy atom. The van der Waals surface area contributed by atoms with Crippen LogP contribution in [0.25, 0.3) is 0 Å². The fourth-order valence-corrected chi connectivity index (χ4v) is 5.08. The zero-order valence-electron chi connectivity index (χ0n) is 16.2. The van der Waals surface area contributed by atoms with Gasteiger partial charge >= 0.3 is 0 Å². The molecule has 0 fully saturated rings. The second-order valence-corrected chi connectivity index (χ2v) is 8.63. The number of unbranched alkanes of at least 4 members (excludes halogenated alkanes) is 1. The van der Waals surface area contributed by atoms with Crippen LogP contribution in [-0.4, -0.2) is 22.8 Å². The van der Waals surface area contributed by atoms with E-state index < -0.39 is 0 Å². The van der Waals surface area contributed by atoms with Gasteiger partial charge in [-0.1, -0.05) is 33.3 Å². The Kier molecular flexibility index (Phi) is 6.09. The van der Waals surface area contributed by atoms with Gasteiger partial charge in [-0.3, -0.25) is 14.7 Å². The van der Waals surface area contributed by atoms with E-state index >= 15 is 0 Å². The summed E-state index contributed by atoms with van der Waals surface area (Å²) in [7, 11) is 2.16. The Labute approximate surface area is 160 Å². The number of hydrogen-bond donors (Lipinski definition) is 1. The van der Waals surface area contributed by atoms with Gasteiger partial charge in [0.2, 0.25) is 0 Å². The highest BCUT2D eigenvalue weighted by Gasteiger charge is 2.32. The van der Waals surface area contributed by atoms with Crippen molar-refractivity contribution in [3.63, 3.8) is 0 Å². The van der Waals surface area contributed by atoms with Crippen molar-refractivity contribution >= 4 is 17.2 Å². The summed E-state index contributed by atoms with van der Waals surface area (Å²) in [6.07, 6.45) is 5.38. The number of pyridine rings is 1. The second-order valence-electron chi connectivity index (χ2n) is 7.55. The van der Waals surface area contributed by atoms with Crippen molar-refractivity contribution in [2.45, 2.75) is 59.2 Å². The van der Waals surface area contributed by atoms with Crippen molar-refractivity contribution in [1.29, 1.82) is 0 Å². The number of amides is 1. The summed E-state index contributed by atoms with van der Waals surface area (Å²) in [5.41, 5.74) is 3.47. The highest BCUT2D eigenvalue weighted by Crippen LogP contribution is 2.42. The van der Waals surface area contributed by atoms with Crippen molar-refractivity contribution in [3.8, 4) is 0 Å². The average molecular weight is 372 g/mol. The number of thiophene rings is 1.